The molecule has 1 aliphatic heterocycles. The molecule has 10 nitrogen and oxygen atoms in total. The summed E-state index contributed by atoms with van der Waals surface area (Å²) in [5.41, 5.74) is 3.31. The molecule has 1 aliphatic rings. The van der Waals surface area contributed by atoms with Crippen LogP contribution in [0.1, 0.15) is 33.9 Å². The summed E-state index contributed by atoms with van der Waals surface area (Å²) < 4.78 is 15.4. The molecule has 6 rings (SSSR count). The van der Waals surface area contributed by atoms with Crippen molar-refractivity contribution in [1.82, 2.24) is 24.6 Å². The largest absolute Gasteiger partial charge is 0.354 e. The van der Waals surface area contributed by atoms with E-state index in [9.17, 15) is 19.3 Å². The minimum atomic E-state index is -0.497. The summed E-state index contributed by atoms with van der Waals surface area (Å²) >= 11 is 0. The van der Waals surface area contributed by atoms with E-state index >= 15 is 0 Å². The van der Waals surface area contributed by atoms with Crippen molar-refractivity contribution in [3.63, 3.8) is 0 Å². The van der Waals surface area contributed by atoms with Gasteiger partial charge in [-0.25, -0.2) is 19.0 Å². The molecule has 11 heteroatoms. The van der Waals surface area contributed by atoms with Gasteiger partial charge in [0.15, 0.2) is 5.65 Å². The van der Waals surface area contributed by atoms with Gasteiger partial charge in [-0.2, -0.15) is 5.10 Å². The summed E-state index contributed by atoms with van der Waals surface area (Å²) in [6.45, 7) is 4.00. The monoisotopic (exact) mass is 565 g/mol. The number of nitrogens with zero attached hydrogens (tertiary/aromatic N) is 7. The molecule has 0 saturated carbocycles. The first-order valence-electron chi connectivity index (χ1n) is 13.7. The number of aryl methyl sites for hydroxylation is 1. The van der Waals surface area contributed by atoms with E-state index in [1.54, 1.807) is 27.8 Å². The summed E-state index contributed by atoms with van der Waals surface area (Å²) in [6.07, 6.45) is 1.20. The van der Waals surface area contributed by atoms with E-state index in [1.807, 2.05) is 37.3 Å². The zero-order valence-corrected chi connectivity index (χ0v) is 23.0. The fraction of sp³-hybridized carbons (Fsp3) is 0.226. The Morgan fingerprint density at radius 2 is 1.74 bits per heavy atom. The molecule has 0 N–H and O–H groups in total. The van der Waals surface area contributed by atoms with Gasteiger partial charge in [-0.1, -0.05) is 36.4 Å². The van der Waals surface area contributed by atoms with Gasteiger partial charge in [0.1, 0.15) is 17.5 Å². The normalized spacial score (nSPS) is 13.8. The number of fused-ring (bicyclic) bond motifs is 1. The lowest BCUT2D eigenvalue weighted by Gasteiger charge is -2.24. The van der Waals surface area contributed by atoms with E-state index in [0.29, 0.717) is 61.7 Å². The summed E-state index contributed by atoms with van der Waals surface area (Å²) in [7, 11) is 0. The topological polar surface area (TPSA) is 110 Å². The average molecular weight is 566 g/mol. The quantitative estimate of drug-likeness (QED) is 0.208. The van der Waals surface area contributed by atoms with E-state index in [4.69, 9.17) is 15.1 Å². The predicted molar refractivity (Wildman–Crippen MR) is 156 cm³/mol. The number of carbonyl (C=O) groups is 1. The average Bonchev–Trinajstić information content (AvgIpc) is 3.16. The van der Waals surface area contributed by atoms with Crippen molar-refractivity contribution >= 4 is 28.4 Å². The Morgan fingerprint density at radius 1 is 0.952 bits per heavy atom. The smallest absolute Gasteiger partial charge is 0.270 e. The molecule has 3 aromatic carbocycles. The molecule has 212 valence electrons. The summed E-state index contributed by atoms with van der Waals surface area (Å²) in [6, 6.07) is 21.9. The number of rotatable bonds is 6. The van der Waals surface area contributed by atoms with E-state index in [0.717, 1.165) is 22.5 Å². The van der Waals surface area contributed by atoms with Gasteiger partial charge in [-0.3, -0.25) is 14.9 Å². The van der Waals surface area contributed by atoms with Crippen molar-refractivity contribution in [2.45, 2.75) is 19.8 Å². The van der Waals surface area contributed by atoms with Crippen molar-refractivity contribution in [3.05, 3.63) is 117 Å². The maximum absolute atomic E-state index is 13.7. The van der Waals surface area contributed by atoms with Crippen molar-refractivity contribution in [1.29, 1.82) is 0 Å². The molecular weight excluding hydrogens is 537 g/mol. The highest BCUT2D eigenvalue weighted by atomic mass is 19.1. The molecule has 1 fully saturated rings. The molecular formula is C31H28FN7O3. The lowest BCUT2D eigenvalue weighted by Crippen LogP contribution is -2.35. The van der Waals surface area contributed by atoms with E-state index in [-0.39, 0.29) is 17.4 Å². The van der Waals surface area contributed by atoms with Gasteiger partial charge in [0.2, 0.25) is 0 Å². The standard InChI is InChI=1S/C31H28FN7O3/c1-21-28-29(36-15-6-16-37(18-17-36)31(40)23-9-5-10-26(20-23)39(41)42)33-27(19-22-7-3-2-4-8-22)34-30(28)38(35-21)25-13-11-24(32)12-14-25/h2-5,7-14,20H,6,15-19H2,1H3. The fourth-order valence-corrected chi connectivity index (χ4v) is 5.32. The number of aromatic nitrogens is 4. The van der Waals surface area contributed by atoms with Crippen LogP contribution >= 0.6 is 0 Å². The highest BCUT2D eigenvalue weighted by Crippen LogP contribution is 2.30. The fourth-order valence-electron chi connectivity index (χ4n) is 5.32. The van der Waals surface area contributed by atoms with Gasteiger partial charge in [0.05, 0.1) is 21.7 Å². The van der Waals surface area contributed by atoms with Crippen LogP contribution < -0.4 is 4.90 Å². The highest BCUT2D eigenvalue weighted by Gasteiger charge is 2.26. The summed E-state index contributed by atoms with van der Waals surface area (Å²) in [4.78, 5) is 37.9. The van der Waals surface area contributed by atoms with Crippen LogP contribution in [-0.2, 0) is 6.42 Å². The third kappa shape index (κ3) is 5.40. The molecule has 1 saturated heterocycles. The van der Waals surface area contributed by atoms with Gasteiger partial charge in [-0.15, -0.1) is 0 Å². The summed E-state index contributed by atoms with van der Waals surface area (Å²) in [5.74, 6) is 0.793. The lowest BCUT2D eigenvalue weighted by molar-refractivity contribution is -0.384. The molecule has 0 spiro atoms. The Kier molecular flexibility index (Phi) is 7.30. The van der Waals surface area contributed by atoms with Crippen molar-refractivity contribution < 1.29 is 14.1 Å². The van der Waals surface area contributed by atoms with Crippen LogP contribution in [0.5, 0.6) is 0 Å². The first-order chi connectivity index (χ1) is 20.4. The molecule has 0 bridgehead atoms. The number of carbonyl (C=O) groups excluding carboxylic acids is 1. The number of nitro groups is 1. The van der Waals surface area contributed by atoms with Gasteiger partial charge >= 0.3 is 0 Å². The molecule has 0 aliphatic carbocycles. The molecule has 2 aromatic heterocycles. The minimum absolute atomic E-state index is 0.111. The van der Waals surface area contributed by atoms with Crippen molar-refractivity contribution in [2.75, 3.05) is 31.1 Å². The first kappa shape index (κ1) is 27.0. The Labute approximate surface area is 241 Å². The number of hydrogen-bond donors (Lipinski definition) is 0. The van der Waals surface area contributed by atoms with Crippen LogP contribution in [-0.4, -0.2) is 61.7 Å². The van der Waals surface area contributed by atoms with E-state index in [2.05, 4.69) is 4.90 Å². The van der Waals surface area contributed by atoms with E-state index < -0.39 is 4.92 Å². The van der Waals surface area contributed by atoms with Crippen LogP contribution in [0, 0.1) is 22.9 Å². The van der Waals surface area contributed by atoms with Gasteiger partial charge < -0.3 is 9.80 Å². The van der Waals surface area contributed by atoms with Crippen LogP contribution in [0.25, 0.3) is 16.7 Å². The first-order valence-corrected chi connectivity index (χ1v) is 13.7. The van der Waals surface area contributed by atoms with Gasteiger partial charge in [0, 0.05) is 50.3 Å². The zero-order chi connectivity index (χ0) is 29.2. The number of non-ortho nitro benzene ring substituents is 1. The van der Waals surface area contributed by atoms with Crippen molar-refractivity contribution in [3.8, 4) is 5.69 Å². The van der Waals surface area contributed by atoms with Crippen LogP contribution in [0.2, 0.25) is 0 Å². The van der Waals surface area contributed by atoms with Gasteiger partial charge in [-0.05, 0) is 49.2 Å². The Hall–Kier alpha value is -5.19. The number of nitro benzene ring substituents is 1. The number of anilines is 1. The maximum Gasteiger partial charge on any atom is 0.270 e. The molecule has 3 heterocycles. The molecule has 5 aromatic rings. The lowest BCUT2D eigenvalue weighted by atomic mass is 10.1. The molecule has 42 heavy (non-hydrogen) atoms. The van der Waals surface area contributed by atoms with Gasteiger partial charge in [0.25, 0.3) is 11.6 Å². The van der Waals surface area contributed by atoms with E-state index in [1.165, 1.54) is 30.3 Å². The highest BCUT2D eigenvalue weighted by molar-refractivity contribution is 5.95. The second kappa shape index (κ2) is 11.4. The minimum Gasteiger partial charge on any atom is -0.354 e. The molecule has 1 amide bonds. The molecule has 0 unspecified atom stereocenters. The number of benzene rings is 3. The second-order valence-electron chi connectivity index (χ2n) is 10.2. The SMILES string of the molecule is Cc1nn(-c2ccc(F)cc2)c2nc(Cc3ccccc3)nc(N3CCCN(C(=O)c4cccc([N+](=O)[O-])c4)CC3)c12. The van der Waals surface area contributed by atoms with Crippen LogP contribution in [0.3, 0.4) is 0 Å². The third-order valence-electron chi connectivity index (χ3n) is 7.39. The number of halogens is 1. The second-order valence-corrected chi connectivity index (χ2v) is 10.2. The number of hydrogen-bond acceptors (Lipinski definition) is 7. The zero-order valence-electron chi connectivity index (χ0n) is 23.0. The predicted octanol–water partition coefficient (Wildman–Crippen LogP) is 5.11. The Balaban J connectivity index is 1.36. The summed E-state index contributed by atoms with van der Waals surface area (Å²) in [5, 5.41) is 16.8. The van der Waals surface area contributed by atoms with Crippen molar-refractivity contribution in [2.24, 2.45) is 0 Å². The Morgan fingerprint density at radius 3 is 2.50 bits per heavy atom. The van der Waals surface area contributed by atoms with Crippen LogP contribution in [0.4, 0.5) is 15.9 Å². The third-order valence-corrected chi connectivity index (χ3v) is 7.39. The molecule has 0 atom stereocenters. The van der Waals surface area contributed by atoms with Crippen LogP contribution in [0.15, 0.2) is 78.9 Å². The number of amides is 1. The maximum atomic E-state index is 13.7. The Bertz CT molecular complexity index is 1770. The molecule has 0 radical (unpaired) electrons.